The molecule has 0 aliphatic carbocycles. The van der Waals surface area contributed by atoms with Gasteiger partial charge in [-0.15, -0.1) is 0 Å². The molecule has 1 amide bonds. The van der Waals surface area contributed by atoms with Crippen molar-refractivity contribution in [1.29, 1.82) is 0 Å². The predicted octanol–water partition coefficient (Wildman–Crippen LogP) is 3.06. The first-order valence-electron chi connectivity index (χ1n) is 10.9. The van der Waals surface area contributed by atoms with Crippen LogP contribution in [-0.4, -0.2) is 67.9 Å². The van der Waals surface area contributed by atoms with Crippen LogP contribution in [0.2, 0.25) is 0 Å². The Labute approximate surface area is 199 Å². The monoisotopic (exact) mass is 496 g/mol. The molecule has 0 atom stereocenters. The average molecular weight is 497 g/mol. The van der Waals surface area contributed by atoms with Gasteiger partial charge >= 0.3 is 0 Å². The number of carbonyl (C=O) groups is 1. The number of nitrogens with one attached hydrogen (secondary N) is 1. The highest BCUT2D eigenvalue weighted by atomic mass is 32.2. The Kier molecular flexibility index (Phi) is 8.80. The van der Waals surface area contributed by atoms with Crippen LogP contribution in [0, 0.1) is 13.8 Å². The number of benzene rings is 1. The number of sulfonamides is 1. The molecule has 0 saturated carbocycles. The maximum atomic E-state index is 13.2. The highest BCUT2D eigenvalue weighted by molar-refractivity contribution is 7.99. The molecule has 9 nitrogen and oxygen atoms in total. The second-order valence-corrected chi connectivity index (χ2v) is 10.7. The molecular formula is C22H32N4O5S2. The molecule has 0 radical (unpaired) electrons. The van der Waals surface area contributed by atoms with Crippen molar-refractivity contribution in [3.05, 3.63) is 29.6 Å². The van der Waals surface area contributed by atoms with E-state index in [2.05, 4.69) is 10.3 Å². The Hall–Kier alpha value is -2.08. The molecule has 0 spiro atoms. The number of hydrogen-bond donors (Lipinski definition) is 1. The number of aromatic nitrogens is 2. The van der Waals surface area contributed by atoms with E-state index < -0.39 is 10.0 Å². The van der Waals surface area contributed by atoms with Crippen LogP contribution in [0.5, 0.6) is 5.75 Å². The molecule has 3 rings (SSSR count). The molecule has 1 saturated heterocycles. The number of thioether (sulfide) groups is 1. The van der Waals surface area contributed by atoms with Gasteiger partial charge in [-0.1, -0.05) is 18.2 Å². The third kappa shape index (κ3) is 6.08. The summed E-state index contributed by atoms with van der Waals surface area (Å²) in [5.74, 6) is 0.158. The molecule has 0 bridgehead atoms. The van der Waals surface area contributed by atoms with Gasteiger partial charge in [0.1, 0.15) is 10.6 Å². The van der Waals surface area contributed by atoms with Crippen molar-refractivity contribution in [2.24, 2.45) is 0 Å². The van der Waals surface area contributed by atoms with Gasteiger partial charge < -0.3 is 19.4 Å². The molecule has 2 aromatic rings. The fraction of sp³-hybridized carbons (Fsp3) is 0.545. The minimum atomic E-state index is -3.71. The lowest BCUT2D eigenvalue weighted by Crippen LogP contribution is -2.35. The Balaban J connectivity index is 1.72. The molecule has 1 aliphatic rings. The van der Waals surface area contributed by atoms with Gasteiger partial charge in [-0.3, -0.25) is 4.79 Å². The van der Waals surface area contributed by atoms with Crippen molar-refractivity contribution in [2.75, 3.05) is 45.0 Å². The molecule has 1 aromatic heterocycles. The summed E-state index contributed by atoms with van der Waals surface area (Å²) >= 11 is 1.33. The van der Waals surface area contributed by atoms with Gasteiger partial charge in [-0.25, -0.2) is 13.4 Å². The number of aryl methyl sites for hydroxylation is 1. The van der Waals surface area contributed by atoms with Gasteiger partial charge in [0.05, 0.1) is 25.2 Å². The van der Waals surface area contributed by atoms with Crippen LogP contribution in [0.3, 0.4) is 0 Å². The number of amides is 1. The van der Waals surface area contributed by atoms with E-state index in [1.807, 2.05) is 18.4 Å². The van der Waals surface area contributed by atoms with Crippen molar-refractivity contribution in [1.82, 2.24) is 13.9 Å². The molecule has 1 fully saturated rings. The van der Waals surface area contributed by atoms with Crippen LogP contribution in [0.4, 0.5) is 5.69 Å². The average Bonchev–Trinajstić information content (AvgIpc) is 3.09. The first kappa shape index (κ1) is 25.5. The highest BCUT2D eigenvalue weighted by Crippen LogP contribution is 2.31. The molecule has 182 valence electrons. The number of ether oxygens (including phenoxy) is 2. The first-order chi connectivity index (χ1) is 15.8. The Bertz CT molecular complexity index is 1080. The van der Waals surface area contributed by atoms with Crippen molar-refractivity contribution in [3.63, 3.8) is 0 Å². The van der Waals surface area contributed by atoms with Gasteiger partial charge in [-0.05, 0) is 44.9 Å². The van der Waals surface area contributed by atoms with Crippen molar-refractivity contribution in [3.8, 4) is 5.75 Å². The van der Waals surface area contributed by atoms with E-state index in [9.17, 15) is 13.2 Å². The zero-order chi connectivity index (χ0) is 24.0. The van der Waals surface area contributed by atoms with Gasteiger partial charge in [0.15, 0.2) is 5.16 Å². The minimum Gasteiger partial charge on any atom is -0.495 e. The van der Waals surface area contributed by atoms with Crippen LogP contribution in [-0.2, 0) is 26.1 Å². The van der Waals surface area contributed by atoms with E-state index in [0.29, 0.717) is 31.9 Å². The molecule has 0 unspecified atom stereocenters. The molecule has 11 heteroatoms. The third-order valence-electron chi connectivity index (χ3n) is 5.65. The van der Waals surface area contributed by atoms with Gasteiger partial charge in [0, 0.05) is 38.1 Å². The second kappa shape index (κ2) is 11.4. The molecule has 1 N–H and O–H groups in total. The summed E-state index contributed by atoms with van der Waals surface area (Å²) in [4.78, 5) is 17.3. The van der Waals surface area contributed by atoms with Crippen LogP contribution in [0.1, 0.15) is 30.7 Å². The number of nitrogens with zero attached hydrogens (tertiary/aromatic N) is 3. The fourth-order valence-electron chi connectivity index (χ4n) is 3.71. The number of hydrogen-bond acceptors (Lipinski definition) is 7. The summed E-state index contributed by atoms with van der Waals surface area (Å²) in [6.45, 7) is 6.12. The Morgan fingerprint density at radius 3 is 2.58 bits per heavy atom. The highest BCUT2D eigenvalue weighted by Gasteiger charge is 2.29. The second-order valence-electron chi connectivity index (χ2n) is 7.88. The first-order valence-corrected chi connectivity index (χ1v) is 13.3. The summed E-state index contributed by atoms with van der Waals surface area (Å²) < 4.78 is 40.4. The number of piperidine rings is 1. The number of methoxy groups -OCH3 is 2. The number of anilines is 1. The maximum Gasteiger partial charge on any atom is 0.246 e. The summed E-state index contributed by atoms with van der Waals surface area (Å²) in [6, 6.07) is 4.69. The van der Waals surface area contributed by atoms with Crippen molar-refractivity contribution < 1.29 is 22.7 Å². The fourth-order valence-corrected chi connectivity index (χ4v) is 6.32. The Morgan fingerprint density at radius 1 is 1.18 bits per heavy atom. The normalized spacial score (nSPS) is 14.9. The van der Waals surface area contributed by atoms with E-state index in [1.54, 1.807) is 19.2 Å². The smallest absolute Gasteiger partial charge is 0.246 e. The van der Waals surface area contributed by atoms with E-state index in [4.69, 9.17) is 9.47 Å². The van der Waals surface area contributed by atoms with Crippen LogP contribution in [0.25, 0.3) is 0 Å². The zero-order valence-electron chi connectivity index (χ0n) is 19.6. The lowest BCUT2D eigenvalue weighted by atomic mass is 10.2. The van der Waals surface area contributed by atoms with Gasteiger partial charge in [-0.2, -0.15) is 4.31 Å². The van der Waals surface area contributed by atoms with Crippen LogP contribution >= 0.6 is 11.8 Å². The van der Waals surface area contributed by atoms with Crippen LogP contribution < -0.4 is 10.1 Å². The minimum absolute atomic E-state index is 0.0683. The van der Waals surface area contributed by atoms with E-state index >= 15 is 0 Å². The lowest BCUT2D eigenvalue weighted by Gasteiger charge is -2.26. The number of carbonyl (C=O) groups excluding carboxylic acids is 1. The van der Waals surface area contributed by atoms with E-state index in [1.165, 1.54) is 29.2 Å². The van der Waals surface area contributed by atoms with Crippen molar-refractivity contribution >= 4 is 33.4 Å². The molecule has 1 aromatic carbocycles. The van der Waals surface area contributed by atoms with Gasteiger partial charge in [0.25, 0.3) is 0 Å². The van der Waals surface area contributed by atoms with E-state index in [-0.39, 0.29) is 22.3 Å². The lowest BCUT2D eigenvalue weighted by molar-refractivity contribution is -0.113. The summed E-state index contributed by atoms with van der Waals surface area (Å²) in [7, 11) is -0.622. The predicted molar refractivity (Wildman–Crippen MR) is 129 cm³/mol. The summed E-state index contributed by atoms with van der Waals surface area (Å²) in [5, 5.41) is 3.55. The molecule has 2 heterocycles. The largest absolute Gasteiger partial charge is 0.495 e. The summed E-state index contributed by atoms with van der Waals surface area (Å²) in [5.41, 5.74) is 2.36. The quantitative estimate of drug-likeness (QED) is 0.504. The third-order valence-corrected chi connectivity index (χ3v) is 8.55. The van der Waals surface area contributed by atoms with E-state index in [0.717, 1.165) is 35.8 Å². The standard InChI is InChI=1S/C22H32N4O5S2/c1-16-17(2)26(12-13-30-3)22(23-16)32-15-21(27)24-18-8-9-19(31-4)20(14-18)33(28,29)25-10-6-5-7-11-25/h8-9,14H,5-7,10-13,15H2,1-4H3,(H,24,27). The SMILES string of the molecule is COCCn1c(SCC(=O)Nc2ccc(OC)c(S(=O)(=O)N3CCCCC3)c2)nc(C)c1C. The van der Waals surface area contributed by atoms with Crippen LogP contribution in [0.15, 0.2) is 28.3 Å². The molecular weight excluding hydrogens is 464 g/mol. The van der Waals surface area contributed by atoms with Gasteiger partial charge in [0.2, 0.25) is 15.9 Å². The number of imidazole rings is 1. The zero-order valence-corrected chi connectivity index (χ0v) is 21.2. The summed E-state index contributed by atoms with van der Waals surface area (Å²) in [6.07, 6.45) is 2.71. The number of rotatable bonds is 10. The Morgan fingerprint density at radius 2 is 1.91 bits per heavy atom. The van der Waals surface area contributed by atoms with Crippen molar-refractivity contribution in [2.45, 2.75) is 49.7 Å². The molecule has 33 heavy (non-hydrogen) atoms. The molecule has 1 aliphatic heterocycles. The maximum absolute atomic E-state index is 13.2. The topological polar surface area (TPSA) is 103 Å².